The molecule has 0 saturated heterocycles. The van der Waals surface area contributed by atoms with E-state index in [1.807, 2.05) is 6.92 Å². The molecule has 2 rings (SSSR count). The molecule has 1 heterocycles. The van der Waals surface area contributed by atoms with Crippen LogP contribution in [0.5, 0.6) is 0 Å². The minimum absolute atomic E-state index is 0.0500. The fourth-order valence-corrected chi connectivity index (χ4v) is 2.56. The summed E-state index contributed by atoms with van der Waals surface area (Å²) in [6.45, 7) is 4.03. The average Bonchev–Trinajstić information content (AvgIpc) is 2.35. The number of carbonyl (C=O) groups excluding carboxylic acids is 1. The zero-order chi connectivity index (χ0) is 13.1. The molecule has 0 aliphatic heterocycles. The van der Waals surface area contributed by atoms with E-state index in [2.05, 4.69) is 17.2 Å². The van der Waals surface area contributed by atoms with Crippen molar-refractivity contribution < 1.29 is 4.79 Å². The maximum atomic E-state index is 12.2. The van der Waals surface area contributed by atoms with Crippen molar-refractivity contribution in [2.75, 3.05) is 5.73 Å². The van der Waals surface area contributed by atoms with Gasteiger partial charge in [-0.05, 0) is 31.7 Å². The highest BCUT2D eigenvalue weighted by molar-refractivity contribution is 5.96. The van der Waals surface area contributed by atoms with Gasteiger partial charge >= 0.3 is 0 Å². The van der Waals surface area contributed by atoms with Crippen molar-refractivity contribution in [2.24, 2.45) is 5.92 Å². The molecule has 1 saturated carbocycles. The average molecular weight is 247 g/mol. The first-order valence-electron chi connectivity index (χ1n) is 6.61. The molecule has 1 aliphatic carbocycles. The van der Waals surface area contributed by atoms with Gasteiger partial charge in [-0.2, -0.15) is 0 Å². The number of hydrogen-bond donors (Lipinski definition) is 2. The topological polar surface area (TPSA) is 68.0 Å². The van der Waals surface area contributed by atoms with Gasteiger partial charge in [0.15, 0.2) is 0 Å². The zero-order valence-electron chi connectivity index (χ0n) is 11.1. The number of carbonyl (C=O) groups is 1. The molecule has 2 unspecified atom stereocenters. The second-order valence-corrected chi connectivity index (χ2v) is 5.24. The van der Waals surface area contributed by atoms with Crippen LogP contribution in [0, 0.1) is 12.8 Å². The lowest BCUT2D eigenvalue weighted by Crippen LogP contribution is -2.41. The van der Waals surface area contributed by atoms with Crippen molar-refractivity contribution in [3.05, 3.63) is 23.5 Å². The molecule has 2 atom stereocenters. The van der Waals surface area contributed by atoms with Crippen LogP contribution in [0.15, 0.2) is 12.3 Å². The Morgan fingerprint density at radius 1 is 1.44 bits per heavy atom. The summed E-state index contributed by atoms with van der Waals surface area (Å²) in [6, 6.07) is 1.98. The van der Waals surface area contributed by atoms with Gasteiger partial charge in [0.25, 0.3) is 5.91 Å². The quantitative estimate of drug-likeness (QED) is 0.842. The zero-order valence-corrected chi connectivity index (χ0v) is 11.1. The second kappa shape index (κ2) is 5.38. The van der Waals surface area contributed by atoms with Crippen LogP contribution in [0.4, 0.5) is 5.69 Å². The number of aryl methyl sites for hydroxylation is 1. The summed E-state index contributed by atoms with van der Waals surface area (Å²) in [7, 11) is 0. The number of pyridine rings is 1. The molecule has 4 nitrogen and oxygen atoms in total. The first-order chi connectivity index (χ1) is 8.58. The number of anilines is 1. The number of nitrogens with two attached hydrogens (primary N) is 1. The van der Waals surface area contributed by atoms with Crippen molar-refractivity contribution in [1.29, 1.82) is 0 Å². The number of rotatable bonds is 2. The summed E-state index contributed by atoms with van der Waals surface area (Å²) in [6.07, 6.45) is 6.31. The smallest absolute Gasteiger partial charge is 0.253 e. The van der Waals surface area contributed by atoms with Crippen LogP contribution in [0.25, 0.3) is 0 Å². The molecule has 0 bridgehead atoms. The highest BCUT2D eigenvalue weighted by atomic mass is 16.1. The molecule has 4 heteroatoms. The van der Waals surface area contributed by atoms with Gasteiger partial charge in [0.05, 0.1) is 23.1 Å². The largest absolute Gasteiger partial charge is 0.397 e. The van der Waals surface area contributed by atoms with Gasteiger partial charge in [0.2, 0.25) is 0 Å². The molecular formula is C14H21N3O. The molecule has 0 spiro atoms. The van der Waals surface area contributed by atoms with Crippen molar-refractivity contribution in [3.8, 4) is 0 Å². The minimum Gasteiger partial charge on any atom is -0.397 e. The molecule has 1 fully saturated rings. The number of amides is 1. The third-order valence-electron chi connectivity index (χ3n) is 3.78. The summed E-state index contributed by atoms with van der Waals surface area (Å²) in [5.41, 5.74) is 7.53. The lowest BCUT2D eigenvalue weighted by atomic mass is 9.86. The fourth-order valence-electron chi connectivity index (χ4n) is 2.56. The maximum Gasteiger partial charge on any atom is 0.253 e. The predicted octanol–water partition coefficient (Wildman–Crippen LogP) is 2.28. The van der Waals surface area contributed by atoms with Gasteiger partial charge < -0.3 is 11.1 Å². The molecule has 1 aromatic rings. The first kappa shape index (κ1) is 12.9. The Morgan fingerprint density at radius 2 is 2.17 bits per heavy atom. The molecule has 1 amide bonds. The van der Waals surface area contributed by atoms with Gasteiger partial charge in [-0.15, -0.1) is 0 Å². The van der Waals surface area contributed by atoms with E-state index in [0.717, 1.165) is 12.1 Å². The molecule has 18 heavy (non-hydrogen) atoms. The SMILES string of the molecule is Cc1ncc(N)cc1C(=O)NC1CCCCC1C. The van der Waals surface area contributed by atoms with E-state index in [9.17, 15) is 4.79 Å². The van der Waals surface area contributed by atoms with Crippen molar-refractivity contribution >= 4 is 11.6 Å². The Balaban J connectivity index is 2.09. The normalized spacial score (nSPS) is 23.7. The summed E-state index contributed by atoms with van der Waals surface area (Å²) in [5.74, 6) is 0.503. The summed E-state index contributed by atoms with van der Waals surface area (Å²) in [4.78, 5) is 16.4. The van der Waals surface area contributed by atoms with E-state index in [-0.39, 0.29) is 11.9 Å². The highest BCUT2D eigenvalue weighted by Crippen LogP contribution is 2.24. The Kier molecular flexibility index (Phi) is 3.84. The number of nitrogen functional groups attached to an aromatic ring is 1. The standard InChI is InChI=1S/C14H21N3O/c1-9-5-3-4-6-13(9)17-14(18)12-7-11(15)8-16-10(12)2/h7-9,13H,3-6,15H2,1-2H3,(H,17,18). The third-order valence-corrected chi connectivity index (χ3v) is 3.78. The summed E-state index contributed by atoms with van der Waals surface area (Å²) in [5, 5.41) is 3.12. The van der Waals surface area contributed by atoms with E-state index in [4.69, 9.17) is 5.73 Å². The van der Waals surface area contributed by atoms with Crippen LogP contribution in [0.3, 0.4) is 0 Å². The molecule has 0 radical (unpaired) electrons. The van der Waals surface area contributed by atoms with Crippen LogP contribution in [-0.4, -0.2) is 16.9 Å². The van der Waals surface area contributed by atoms with E-state index in [1.54, 1.807) is 12.3 Å². The van der Waals surface area contributed by atoms with Gasteiger partial charge in [0.1, 0.15) is 0 Å². The fraction of sp³-hybridized carbons (Fsp3) is 0.571. The van der Waals surface area contributed by atoms with Crippen LogP contribution < -0.4 is 11.1 Å². The maximum absolute atomic E-state index is 12.2. The van der Waals surface area contributed by atoms with Crippen LogP contribution >= 0.6 is 0 Å². The Morgan fingerprint density at radius 3 is 2.89 bits per heavy atom. The van der Waals surface area contributed by atoms with Crippen LogP contribution in [0.2, 0.25) is 0 Å². The number of nitrogens with zero attached hydrogens (tertiary/aromatic N) is 1. The Bertz CT molecular complexity index is 445. The van der Waals surface area contributed by atoms with Gasteiger partial charge in [-0.1, -0.05) is 19.8 Å². The summed E-state index contributed by atoms with van der Waals surface area (Å²) < 4.78 is 0. The van der Waals surface area contributed by atoms with Gasteiger partial charge in [-0.25, -0.2) is 0 Å². The number of aromatic nitrogens is 1. The minimum atomic E-state index is -0.0500. The predicted molar refractivity (Wildman–Crippen MR) is 72.3 cm³/mol. The van der Waals surface area contributed by atoms with Crippen molar-refractivity contribution in [2.45, 2.75) is 45.6 Å². The molecular weight excluding hydrogens is 226 g/mol. The van der Waals surface area contributed by atoms with Gasteiger partial charge in [-0.3, -0.25) is 9.78 Å². The van der Waals surface area contributed by atoms with Crippen molar-refractivity contribution in [1.82, 2.24) is 10.3 Å². The van der Waals surface area contributed by atoms with Crippen LogP contribution in [0.1, 0.15) is 48.7 Å². The monoisotopic (exact) mass is 247 g/mol. The van der Waals surface area contributed by atoms with Crippen LogP contribution in [-0.2, 0) is 0 Å². The lowest BCUT2D eigenvalue weighted by molar-refractivity contribution is 0.0909. The van der Waals surface area contributed by atoms with E-state index < -0.39 is 0 Å². The second-order valence-electron chi connectivity index (χ2n) is 5.24. The number of hydrogen-bond acceptors (Lipinski definition) is 3. The Hall–Kier alpha value is -1.58. The lowest BCUT2D eigenvalue weighted by Gasteiger charge is -2.29. The van der Waals surface area contributed by atoms with E-state index in [0.29, 0.717) is 17.2 Å². The molecule has 1 aliphatic rings. The van der Waals surface area contributed by atoms with Crippen molar-refractivity contribution in [3.63, 3.8) is 0 Å². The molecule has 1 aromatic heterocycles. The highest BCUT2D eigenvalue weighted by Gasteiger charge is 2.23. The summed E-state index contributed by atoms with van der Waals surface area (Å²) >= 11 is 0. The Labute approximate surface area is 108 Å². The number of nitrogens with one attached hydrogen (secondary N) is 1. The first-order valence-corrected chi connectivity index (χ1v) is 6.61. The molecule has 0 aromatic carbocycles. The van der Waals surface area contributed by atoms with Gasteiger partial charge in [0, 0.05) is 6.04 Å². The molecule has 3 N–H and O–H groups in total. The third kappa shape index (κ3) is 2.81. The van der Waals surface area contributed by atoms with E-state index >= 15 is 0 Å². The molecule has 98 valence electrons. The van der Waals surface area contributed by atoms with E-state index in [1.165, 1.54) is 19.3 Å².